The van der Waals surface area contributed by atoms with E-state index in [2.05, 4.69) is 20.4 Å². The zero-order valence-corrected chi connectivity index (χ0v) is 20.1. The second kappa shape index (κ2) is 9.42. The van der Waals surface area contributed by atoms with E-state index in [1.807, 2.05) is 0 Å². The van der Waals surface area contributed by atoms with Crippen LogP contribution in [0.25, 0.3) is 21.9 Å². The number of aryl methyl sites for hydroxylation is 2. The van der Waals surface area contributed by atoms with E-state index in [-0.39, 0.29) is 34.8 Å². The summed E-state index contributed by atoms with van der Waals surface area (Å²) in [5.41, 5.74) is 2.41. The van der Waals surface area contributed by atoms with Gasteiger partial charge in [-0.3, -0.25) is 19.0 Å². The van der Waals surface area contributed by atoms with Gasteiger partial charge in [-0.05, 0) is 49.7 Å². The van der Waals surface area contributed by atoms with Gasteiger partial charge in [0.05, 0.1) is 17.7 Å². The average molecular weight is 507 g/mol. The number of thiazole rings is 1. The lowest BCUT2D eigenvalue weighted by atomic mass is 10.1. The molecule has 8 nitrogen and oxygen atoms in total. The minimum Gasteiger partial charge on any atom is -0.352 e. The van der Waals surface area contributed by atoms with Gasteiger partial charge in [-0.2, -0.15) is 5.10 Å². The first-order valence-electron chi connectivity index (χ1n) is 11.0. The van der Waals surface area contributed by atoms with Gasteiger partial charge in [-0.15, -0.1) is 11.3 Å². The highest BCUT2D eigenvalue weighted by Gasteiger charge is 2.21. The summed E-state index contributed by atoms with van der Waals surface area (Å²) in [5.74, 6) is -1.50. The molecule has 0 fully saturated rings. The maximum Gasteiger partial charge on any atom is 0.268 e. The van der Waals surface area contributed by atoms with Gasteiger partial charge in [-0.1, -0.05) is 0 Å². The lowest BCUT2D eigenvalue weighted by Crippen LogP contribution is -2.27. The number of nitrogens with zero attached hydrogens (tertiary/aromatic N) is 5. The fraction of sp³-hybridized carbons (Fsp3) is 0.160. The van der Waals surface area contributed by atoms with Crippen LogP contribution in [0.2, 0.25) is 0 Å². The summed E-state index contributed by atoms with van der Waals surface area (Å²) in [5, 5.41) is 8.96. The Bertz CT molecular complexity index is 1660. The maximum absolute atomic E-state index is 14.4. The molecule has 0 atom stereocenters. The molecule has 1 N–H and O–H groups in total. The first kappa shape index (κ1) is 23.5. The Kier molecular flexibility index (Phi) is 6.15. The molecule has 11 heteroatoms. The van der Waals surface area contributed by atoms with Crippen LogP contribution in [0.15, 0.2) is 59.0 Å². The molecule has 182 valence electrons. The highest BCUT2D eigenvalue weighted by Crippen LogP contribution is 2.24. The Balaban J connectivity index is 1.49. The van der Waals surface area contributed by atoms with Gasteiger partial charge in [0.1, 0.15) is 23.0 Å². The van der Waals surface area contributed by atoms with Crippen LogP contribution in [-0.4, -0.2) is 30.1 Å². The number of hydrogen-bond acceptors (Lipinski definition) is 6. The molecule has 0 saturated carbocycles. The van der Waals surface area contributed by atoms with Gasteiger partial charge in [0.2, 0.25) is 5.91 Å². The zero-order chi connectivity index (χ0) is 25.4. The Morgan fingerprint density at radius 3 is 2.67 bits per heavy atom. The van der Waals surface area contributed by atoms with Crippen molar-refractivity contribution >= 4 is 22.2 Å². The molecular formula is C25H20F2N6O2S. The molecule has 1 aromatic carbocycles. The van der Waals surface area contributed by atoms with E-state index >= 15 is 0 Å². The quantitative estimate of drug-likeness (QED) is 0.379. The van der Waals surface area contributed by atoms with Crippen LogP contribution in [0.3, 0.4) is 0 Å². The van der Waals surface area contributed by atoms with Crippen LogP contribution in [0.4, 0.5) is 8.78 Å². The van der Waals surface area contributed by atoms with Crippen molar-refractivity contribution in [3.05, 3.63) is 98.8 Å². The van der Waals surface area contributed by atoms with Crippen molar-refractivity contribution in [2.24, 2.45) is 0 Å². The predicted octanol–water partition coefficient (Wildman–Crippen LogP) is 3.76. The number of pyridine rings is 1. The number of hydrogen-bond donors (Lipinski definition) is 1. The zero-order valence-electron chi connectivity index (χ0n) is 19.3. The molecule has 36 heavy (non-hydrogen) atoms. The smallest absolute Gasteiger partial charge is 0.268 e. The monoisotopic (exact) mass is 506 g/mol. The number of rotatable bonds is 6. The third-order valence-corrected chi connectivity index (χ3v) is 6.56. The topological polar surface area (TPSA) is 94.2 Å². The highest BCUT2D eigenvalue weighted by molar-refractivity contribution is 7.15. The Hall–Kier alpha value is -4.25. The lowest BCUT2D eigenvalue weighted by molar-refractivity contribution is -0.120. The minimum atomic E-state index is -0.644. The van der Waals surface area contributed by atoms with Crippen molar-refractivity contribution in [3.63, 3.8) is 0 Å². The second-order valence-electron chi connectivity index (χ2n) is 8.21. The van der Waals surface area contributed by atoms with Crippen molar-refractivity contribution in [3.8, 4) is 16.9 Å². The number of amides is 1. The van der Waals surface area contributed by atoms with E-state index in [4.69, 9.17) is 0 Å². The molecule has 0 spiro atoms. The number of carbonyl (C=O) groups excluding carboxylic acids is 1. The van der Waals surface area contributed by atoms with E-state index < -0.39 is 11.6 Å². The van der Waals surface area contributed by atoms with Gasteiger partial charge >= 0.3 is 0 Å². The number of carbonyl (C=O) groups is 1. The van der Waals surface area contributed by atoms with Crippen LogP contribution in [0.1, 0.15) is 22.6 Å². The van der Waals surface area contributed by atoms with E-state index in [0.717, 1.165) is 23.8 Å². The molecule has 1 amide bonds. The normalized spacial score (nSPS) is 11.2. The van der Waals surface area contributed by atoms with E-state index in [1.54, 1.807) is 49.8 Å². The van der Waals surface area contributed by atoms with Gasteiger partial charge in [0, 0.05) is 41.8 Å². The highest BCUT2D eigenvalue weighted by atomic mass is 32.1. The molecule has 0 saturated heterocycles. The molecule has 5 aromatic rings. The Labute approximate surface area is 207 Å². The van der Waals surface area contributed by atoms with Crippen molar-refractivity contribution < 1.29 is 13.6 Å². The van der Waals surface area contributed by atoms with Gasteiger partial charge in [0.25, 0.3) is 5.56 Å². The molecule has 0 bridgehead atoms. The van der Waals surface area contributed by atoms with Gasteiger partial charge < -0.3 is 5.32 Å². The van der Waals surface area contributed by atoms with Crippen molar-refractivity contribution in [1.82, 2.24) is 29.5 Å². The summed E-state index contributed by atoms with van der Waals surface area (Å²) >= 11 is 1.26. The number of benzene rings is 1. The van der Waals surface area contributed by atoms with Crippen molar-refractivity contribution in [2.45, 2.75) is 26.8 Å². The maximum atomic E-state index is 14.4. The molecule has 4 heterocycles. The number of nitrogens with one attached hydrogen (secondary N) is 1. The molecule has 0 aliphatic carbocycles. The summed E-state index contributed by atoms with van der Waals surface area (Å²) in [7, 11) is 0. The lowest BCUT2D eigenvalue weighted by Gasteiger charge is -2.07. The minimum absolute atomic E-state index is 0.0167. The number of aromatic nitrogens is 5. The van der Waals surface area contributed by atoms with Crippen LogP contribution < -0.4 is 10.9 Å². The van der Waals surface area contributed by atoms with Gasteiger partial charge in [0.15, 0.2) is 4.96 Å². The van der Waals surface area contributed by atoms with Crippen LogP contribution >= 0.6 is 11.3 Å². The largest absolute Gasteiger partial charge is 0.352 e. The molecule has 5 rings (SSSR count). The predicted molar refractivity (Wildman–Crippen MR) is 131 cm³/mol. The van der Waals surface area contributed by atoms with Crippen molar-refractivity contribution in [1.29, 1.82) is 0 Å². The fourth-order valence-electron chi connectivity index (χ4n) is 3.94. The van der Waals surface area contributed by atoms with E-state index in [1.165, 1.54) is 20.4 Å². The van der Waals surface area contributed by atoms with Gasteiger partial charge in [-0.25, -0.2) is 18.4 Å². The number of halogens is 2. The Morgan fingerprint density at radius 2 is 1.89 bits per heavy atom. The van der Waals surface area contributed by atoms with E-state index in [9.17, 15) is 18.4 Å². The third-order valence-electron chi connectivity index (χ3n) is 5.68. The standard InChI is InChI=1S/C25H20F2N6O2S/c1-14-9-20(31-33(14)21-10-17(26)3-4-19(21)27)23-15(2)30-25-32(24(23)35)18(13-36-25)11-22(34)29-12-16-5-7-28-8-6-16/h3-10,13H,11-12H2,1-2H3,(H,29,34). The molecule has 0 radical (unpaired) electrons. The average Bonchev–Trinajstić information content (AvgIpc) is 3.43. The summed E-state index contributed by atoms with van der Waals surface area (Å²) < 4.78 is 30.8. The van der Waals surface area contributed by atoms with E-state index in [0.29, 0.717) is 28.6 Å². The first-order valence-corrected chi connectivity index (χ1v) is 11.9. The summed E-state index contributed by atoms with van der Waals surface area (Å²) in [6.45, 7) is 3.71. The Morgan fingerprint density at radius 1 is 1.11 bits per heavy atom. The molecule has 0 aliphatic heterocycles. The summed E-state index contributed by atoms with van der Waals surface area (Å²) in [6, 6.07) is 8.33. The number of fused-ring (bicyclic) bond motifs is 1. The van der Waals surface area contributed by atoms with Crippen LogP contribution in [0.5, 0.6) is 0 Å². The third kappa shape index (κ3) is 4.40. The molecule has 0 aliphatic rings. The van der Waals surface area contributed by atoms with Crippen molar-refractivity contribution in [2.75, 3.05) is 0 Å². The summed E-state index contributed by atoms with van der Waals surface area (Å²) in [4.78, 5) is 35.1. The molecule has 4 aromatic heterocycles. The molecular weight excluding hydrogens is 486 g/mol. The fourth-order valence-corrected chi connectivity index (χ4v) is 4.87. The van der Waals surface area contributed by atoms with Crippen LogP contribution in [-0.2, 0) is 17.8 Å². The second-order valence-corrected chi connectivity index (χ2v) is 9.05. The SMILES string of the molecule is Cc1nc2scc(CC(=O)NCc3ccncc3)n2c(=O)c1-c1cc(C)n(-c2cc(F)ccc2F)n1. The molecule has 0 unspecified atom stereocenters. The van der Waals surface area contributed by atoms with Crippen LogP contribution in [0, 0.1) is 25.5 Å². The first-order chi connectivity index (χ1) is 17.3. The summed E-state index contributed by atoms with van der Waals surface area (Å²) in [6.07, 6.45) is 3.28.